The summed E-state index contributed by atoms with van der Waals surface area (Å²) in [5.41, 5.74) is 4.03. The molecule has 0 aliphatic heterocycles. The maximum absolute atomic E-state index is 12.7. The second-order valence-electron chi connectivity index (χ2n) is 6.19. The normalized spacial score (nSPS) is 12.3. The molecule has 0 bridgehead atoms. The van der Waals surface area contributed by atoms with E-state index in [2.05, 4.69) is 15.0 Å². The van der Waals surface area contributed by atoms with Gasteiger partial charge in [-0.25, -0.2) is 9.97 Å². The van der Waals surface area contributed by atoms with E-state index in [-0.39, 0.29) is 11.6 Å². The Hall–Kier alpha value is -2.80. The first-order valence-electron chi connectivity index (χ1n) is 8.36. The van der Waals surface area contributed by atoms with Crippen LogP contribution >= 0.6 is 0 Å². The lowest BCUT2D eigenvalue weighted by atomic mass is 10.1. The highest BCUT2D eigenvalue weighted by Gasteiger charge is 2.18. The molecule has 0 aliphatic rings. The number of aryl methyl sites for hydroxylation is 2. The van der Waals surface area contributed by atoms with E-state index >= 15 is 0 Å². The third-order valence-electron chi connectivity index (χ3n) is 4.34. The molecule has 3 rings (SSSR count). The number of ether oxygens (including phenoxy) is 2. The molecule has 136 valence electrons. The zero-order chi connectivity index (χ0) is 18.8. The van der Waals surface area contributed by atoms with Crippen LogP contribution in [-0.2, 0) is 4.74 Å². The van der Waals surface area contributed by atoms with Crippen molar-refractivity contribution in [3.8, 4) is 17.1 Å². The Morgan fingerprint density at radius 1 is 1.12 bits per heavy atom. The second-order valence-corrected chi connectivity index (χ2v) is 6.19. The number of hydrogen-bond donors (Lipinski definition) is 0. The van der Waals surface area contributed by atoms with E-state index in [0.29, 0.717) is 29.4 Å². The van der Waals surface area contributed by atoms with Crippen LogP contribution < -0.4 is 10.3 Å². The number of rotatable bonds is 5. The van der Waals surface area contributed by atoms with Gasteiger partial charge < -0.3 is 9.47 Å². The summed E-state index contributed by atoms with van der Waals surface area (Å²) in [5, 5.41) is 0. The molecule has 0 N–H and O–H groups in total. The Morgan fingerprint density at radius 2 is 1.88 bits per heavy atom. The quantitative estimate of drug-likeness (QED) is 0.701. The molecule has 0 saturated carbocycles. The highest BCUT2D eigenvalue weighted by molar-refractivity contribution is 5.90. The van der Waals surface area contributed by atoms with Gasteiger partial charge in [-0.3, -0.25) is 14.3 Å². The van der Waals surface area contributed by atoms with Gasteiger partial charge in [0.25, 0.3) is 5.56 Å². The van der Waals surface area contributed by atoms with Gasteiger partial charge in [-0.1, -0.05) is 0 Å². The van der Waals surface area contributed by atoms with Crippen LogP contribution in [0.4, 0.5) is 0 Å². The first-order valence-corrected chi connectivity index (χ1v) is 8.36. The lowest BCUT2D eigenvalue weighted by Crippen LogP contribution is -2.29. The van der Waals surface area contributed by atoms with E-state index in [4.69, 9.17) is 9.47 Å². The van der Waals surface area contributed by atoms with Crippen LogP contribution in [0, 0.1) is 13.8 Å². The van der Waals surface area contributed by atoms with Crippen LogP contribution in [-0.4, -0.2) is 40.3 Å². The predicted octanol–water partition coefficient (Wildman–Crippen LogP) is 2.69. The van der Waals surface area contributed by atoms with Gasteiger partial charge in [0.2, 0.25) is 5.88 Å². The Kier molecular flexibility index (Phi) is 4.99. The van der Waals surface area contributed by atoms with Crippen LogP contribution in [0.1, 0.15) is 24.4 Å². The number of aromatic nitrogens is 4. The molecule has 3 heterocycles. The maximum atomic E-state index is 12.7. The number of methoxy groups -OCH3 is 2. The van der Waals surface area contributed by atoms with Crippen LogP contribution in [0.3, 0.4) is 0 Å². The molecule has 0 aliphatic carbocycles. The molecular weight excluding hydrogens is 332 g/mol. The Labute approximate surface area is 151 Å². The summed E-state index contributed by atoms with van der Waals surface area (Å²) in [4.78, 5) is 26.2. The molecule has 1 unspecified atom stereocenters. The van der Waals surface area contributed by atoms with Crippen molar-refractivity contribution in [3.63, 3.8) is 0 Å². The molecule has 7 nitrogen and oxygen atoms in total. The van der Waals surface area contributed by atoms with Crippen molar-refractivity contribution in [1.29, 1.82) is 0 Å². The first kappa shape index (κ1) is 18.0. The second kappa shape index (κ2) is 7.21. The molecule has 26 heavy (non-hydrogen) atoms. The minimum absolute atomic E-state index is 0.122. The van der Waals surface area contributed by atoms with Crippen LogP contribution in [0.2, 0.25) is 0 Å². The average molecular weight is 354 g/mol. The number of pyridine rings is 2. The molecule has 1 atom stereocenters. The Morgan fingerprint density at radius 3 is 2.54 bits per heavy atom. The summed E-state index contributed by atoms with van der Waals surface area (Å²) < 4.78 is 12.1. The van der Waals surface area contributed by atoms with Crippen molar-refractivity contribution in [2.24, 2.45) is 0 Å². The summed E-state index contributed by atoms with van der Waals surface area (Å²) in [6.07, 6.45) is 1.69. The minimum Gasteiger partial charge on any atom is -0.481 e. The van der Waals surface area contributed by atoms with Gasteiger partial charge in [-0.2, -0.15) is 0 Å². The number of hydrogen-bond acceptors (Lipinski definition) is 6. The standard InChI is InChI=1S/C19H22N4O3/c1-11(10-25-4)23-15-8-9-20-17(18(15)22-13(3)19(23)24)14-6-7-16(26-5)21-12(14)2/h6-9,11H,10H2,1-5H3. The largest absolute Gasteiger partial charge is 0.481 e. The van der Waals surface area contributed by atoms with Gasteiger partial charge in [0.1, 0.15) is 11.2 Å². The highest BCUT2D eigenvalue weighted by Crippen LogP contribution is 2.28. The predicted molar refractivity (Wildman–Crippen MR) is 99.6 cm³/mol. The molecule has 0 amide bonds. The SMILES string of the molecule is COCC(C)n1c(=O)c(C)nc2c(-c3ccc(OC)nc3C)nccc21. The molecule has 3 aromatic rings. The summed E-state index contributed by atoms with van der Waals surface area (Å²) in [6, 6.07) is 5.39. The minimum atomic E-state index is -0.123. The highest BCUT2D eigenvalue weighted by atomic mass is 16.5. The summed E-state index contributed by atoms with van der Waals surface area (Å²) in [6.45, 7) is 5.99. The smallest absolute Gasteiger partial charge is 0.272 e. The van der Waals surface area contributed by atoms with E-state index in [1.54, 1.807) is 38.0 Å². The van der Waals surface area contributed by atoms with Gasteiger partial charge >= 0.3 is 0 Å². The fourth-order valence-corrected chi connectivity index (χ4v) is 3.10. The van der Waals surface area contributed by atoms with Gasteiger partial charge in [0, 0.05) is 24.9 Å². The van der Waals surface area contributed by atoms with Crippen LogP contribution in [0.15, 0.2) is 29.2 Å². The summed E-state index contributed by atoms with van der Waals surface area (Å²) in [5.74, 6) is 0.543. The van der Waals surface area contributed by atoms with E-state index in [0.717, 1.165) is 16.8 Å². The molecule has 7 heteroatoms. The number of nitrogens with zero attached hydrogens (tertiary/aromatic N) is 4. The van der Waals surface area contributed by atoms with Crippen molar-refractivity contribution in [2.45, 2.75) is 26.8 Å². The lowest BCUT2D eigenvalue weighted by Gasteiger charge is -2.18. The Bertz CT molecular complexity index is 1010. The summed E-state index contributed by atoms with van der Waals surface area (Å²) >= 11 is 0. The Balaban J connectivity index is 2.31. The third kappa shape index (κ3) is 3.06. The fourth-order valence-electron chi connectivity index (χ4n) is 3.10. The van der Waals surface area contributed by atoms with Crippen molar-refractivity contribution in [1.82, 2.24) is 19.5 Å². The molecular formula is C19H22N4O3. The van der Waals surface area contributed by atoms with Crippen LogP contribution in [0.25, 0.3) is 22.3 Å². The third-order valence-corrected chi connectivity index (χ3v) is 4.34. The zero-order valence-corrected chi connectivity index (χ0v) is 15.6. The van der Waals surface area contributed by atoms with E-state index in [1.165, 1.54) is 0 Å². The lowest BCUT2D eigenvalue weighted by molar-refractivity contribution is 0.162. The zero-order valence-electron chi connectivity index (χ0n) is 15.6. The fraction of sp³-hybridized carbons (Fsp3) is 0.368. The van der Waals surface area contributed by atoms with Gasteiger partial charge in [-0.05, 0) is 32.9 Å². The monoisotopic (exact) mass is 354 g/mol. The molecule has 0 fully saturated rings. The van der Waals surface area contributed by atoms with Gasteiger partial charge in [-0.15, -0.1) is 0 Å². The maximum Gasteiger partial charge on any atom is 0.272 e. The van der Waals surface area contributed by atoms with Crippen molar-refractivity contribution >= 4 is 11.0 Å². The van der Waals surface area contributed by atoms with Crippen LogP contribution in [0.5, 0.6) is 5.88 Å². The van der Waals surface area contributed by atoms with E-state index < -0.39 is 0 Å². The molecule has 0 spiro atoms. The van der Waals surface area contributed by atoms with E-state index in [9.17, 15) is 4.79 Å². The molecule has 0 saturated heterocycles. The van der Waals surface area contributed by atoms with Gasteiger partial charge in [0.15, 0.2) is 0 Å². The number of fused-ring (bicyclic) bond motifs is 1. The molecule has 0 aromatic carbocycles. The first-order chi connectivity index (χ1) is 12.5. The average Bonchev–Trinajstić information content (AvgIpc) is 2.62. The van der Waals surface area contributed by atoms with Gasteiger partial charge in [0.05, 0.1) is 36.7 Å². The molecule has 0 radical (unpaired) electrons. The van der Waals surface area contributed by atoms with E-state index in [1.807, 2.05) is 26.0 Å². The summed E-state index contributed by atoms with van der Waals surface area (Å²) in [7, 11) is 3.20. The van der Waals surface area contributed by atoms with Crippen molar-refractivity contribution in [2.75, 3.05) is 20.8 Å². The molecule has 3 aromatic heterocycles. The topological polar surface area (TPSA) is 79.1 Å². The van der Waals surface area contributed by atoms with Crippen molar-refractivity contribution < 1.29 is 9.47 Å². The van der Waals surface area contributed by atoms with Crippen molar-refractivity contribution in [3.05, 3.63) is 46.1 Å².